The highest BCUT2D eigenvalue weighted by Gasteiger charge is 2.27. The largest absolute Gasteiger partial charge is 0.355 e. The Hall–Kier alpha value is -3.46. The van der Waals surface area contributed by atoms with Crippen LogP contribution >= 0.6 is 0 Å². The van der Waals surface area contributed by atoms with Gasteiger partial charge in [-0.3, -0.25) is 19.3 Å². The van der Waals surface area contributed by atoms with Crippen LogP contribution in [0.2, 0.25) is 0 Å². The van der Waals surface area contributed by atoms with E-state index in [1.165, 1.54) is 12.1 Å². The predicted octanol–water partition coefficient (Wildman–Crippen LogP) is 4.16. The van der Waals surface area contributed by atoms with Crippen molar-refractivity contribution in [2.24, 2.45) is 7.05 Å². The summed E-state index contributed by atoms with van der Waals surface area (Å²) in [7, 11) is 3.59. The summed E-state index contributed by atoms with van der Waals surface area (Å²) in [6.45, 7) is 5.82. The Morgan fingerprint density at radius 2 is 1.86 bits per heavy atom. The zero-order valence-electron chi connectivity index (χ0n) is 21.6. The van der Waals surface area contributed by atoms with E-state index in [0.29, 0.717) is 19.6 Å². The van der Waals surface area contributed by atoms with E-state index in [1.54, 1.807) is 22.8 Å². The molecule has 2 aromatic carbocycles. The van der Waals surface area contributed by atoms with E-state index in [9.17, 15) is 14.0 Å². The molecule has 200 valence electrons. The number of carbonyl (C=O) groups excluding carboxylic acids is 2. The molecular formula is C28H39FN6O2. The van der Waals surface area contributed by atoms with Gasteiger partial charge in [0.25, 0.3) is 5.91 Å². The second-order valence-electron chi connectivity index (χ2n) is 9.57. The van der Waals surface area contributed by atoms with Crippen molar-refractivity contribution in [3.05, 3.63) is 59.0 Å². The minimum absolute atomic E-state index is 0. The maximum atomic E-state index is 13.7. The second kappa shape index (κ2) is 12.2. The lowest BCUT2D eigenvalue weighted by Gasteiger charge is -2.32. The Labute approximate surface area is 219 Å². The molecule has 0 spiro atoms. The first-order valence-corrected chi connectivity index (χ1v) is 12.5. The third-order valence-electron chi connectivity index (χ3n) is 6.70. The molecule has 0 unspecified atom stereocenters. The Kier molecular flexibility index (Phi) is 9.26. The van der Waals surface area contributed by atoms with Crippen LogP contribution in [-0.4, -0.2) is 58.3 Å². The molecule has 1 N–H and O–H groups in total. The fourth-order valence-electron chi connectivity index (χ4n) is 4.68. The number of hydrogen-bond donors (Lipinski definition) is 1. The monoisotopic (exact) mass is 510 g/mol. The SMILES string of the molecule is C.CCCCCNC(=O)CN(CC(=O)N(C)N1Cc2ccc(F)cc2C1)c1cc2nn(C)cc2cc1C. The summed E-state index contributed by atoms with van der Waals surface area (Å²) < 4.78 is 15.4. The van der Waals surface area contributed by atoms with Gasteiger partial charge in [-0.1, -0.05) is 33.3 Å². The van der Waals surface area contributed by atoms with Gasteiger partial charge in [-0.15, -0.1) is 0 Å². The van der Waals surface area contributed by atoms with Gasteiger partial charge in [0.05, 0.1) is 18.6 Å². The van der Waals surface area contributed by atoms with Crippen LogP contribution in [0.15, 0.2) is 36.5 Å². The number of benzene rings is 2. The molecule has 0 saturated heterocycles. The molecular weight excluding hydrogens is 471 g/mol. The lowest BCUT2D eigenvalue weighted by molar-refractivity contribution is -0.145. The molecule has 0 radical (unpaired) electrons. The number of amides is 2. The van der Waals surface area contributed by atoms with E-state index in [2.05, 4.69) is 17.3 Å². The number of aryl methyl sites for hydroxylation is 2. The second-order valence-corrected chi connectivity index (χ2v) is 9.57. The number of hydrogen-bond acceptors (Lipinski definition) is 5. The minimum Gasteiger partial charge on any atom is -0.355 e. The average Bonchev–Trinajstić information content (AvgIpc) is 3.41. The van der Waals surface area contributed by atoms with Crippen molar-refractivity contribution in [3.8, 4) is 0 Å². The van der Waals surface area contributed by atoms with Crippen molar-refractivity contribution in [1.29, 1.82) is 0 Å². The van der Waals surface area contributed by atoms with Crippen molar-refractivity contribution in [3.63, 3.8) is 0 Å². The van der Waals surface area contributed by atoms with Crippen molar-refractivity contribution in [1.82, 2.24) is 25.1 Å². The first-order chi connectivity index (χ1) is 17.2. The Bertz CT molecular complexity index is 1260. The number of rotatable bonds is 10. The van der Waals surface area contributed by atoms with Gasteiger partial charge in [0, 0.05) is 51.0 Å². The zero-order valence-corrected chi connectivity index (χ0v) is 21.6. The first kappa shape index (κ1) is 28.1. The number of fused-ring (bicyclic) bond motifs is 2. The highest BCUT2D eigenvalue weighted by atomic mass is 19.1. The quantitative estimate of drug-likeness (QED) is 0.415. The zero-order chi connectivity index (χ0) is 25.8. The van der Waals surface area contributed by atoms with Crippen molar-refractivity contribution >= 4 is 28.4 Å². The molecule has 0 saturated carbocycles. The van der Waals surface area contributed by atoms with Crippen LogP contribution in [0.4, 0.5) is 10.1 Å². The molecule has 3 aromatic rings. The summed E-state index contributed by atoms with van der Waals surface area (Å²) in [5.74, 6) is -0.546. The van der Waals surface area contributed by atoms with E-state index in [1.807, 2.05) is 42.2 Å². The number of nitrogens with one attached hydrogen (secondary N) is 1. The molecule has 2 heterocycles. The molecule has 1 aliphatic heterocycles. The summed E-state index contributed by atoms with van der Waals surface area (Å²) in [4.78, 5) is 28.0. The van der Waals surface area contributed by atoms with Crippen molar-refractivity contribution in [2.75, 3.05) is 31.6 Å². The molecule has 2 amide bonds. The van der Waals surface area contributed by atoms with Crippen LogP contribution in [0.25, 0.3) is 10.9 Å². The van der Waals surface area contributed by atoms with Gasteiger partial charge >= 0.3 is 0 Å². The summed E-state index contributed by atoms with van der Waals surface area (Å²) in [5, 5.41) is 12.0. The third kappa shape index (κ3) is 6.65. The maximum absolute atomic E-state index is 13.7. The summed E-state index contributed by atoms with van der Waals surface area (Å²) >= 11 is 0. The molecule has 1 aliphatic rings. The van der Waals surface area contributed by atoms with E-state index in [4.69, 9.17) is 0 Å². The Morgan fingerprint density at radius 3 is 2.62 bits per heavy atom. The van der Waals surface area contributed by atoms with Gasteiger partial charge in [-0.2, -0.15) is 5.10 Å². The van der Waals surface area contributed by atoms with Gasteiger partial charge in [0.2, 0.25) is 5.91 Å². The minimum atomic E-state index is -0.277. The molecule has 0 aliphatic carbocycles. The average molecular weight is 511 g/mol. The molecule has 37 heavy (non-hydrogen) atoms. The van der Waals surface area contributed by atoms with Crippen LogP contribution in [-0.2, 0) is 29.7 Å². The lowest BCUT2D eigenvalue weighted by atomic mass is 10.1. The summed E-state index contributed by atoms with van der Waals surface area (Å²) in [6.07, 6.45) is 5.02. The fourth-order valence-corrected chi connectivity index (χ4v) is 4.68. The fraction of sp³-hybridized carbons (Fsp3) is 0.464. The van der Waals surface area contributed by atoms with E-state index in [-0.39, 0.29) is 38.1 Å². The molecule has 4 rings (SSSR count). The summed E-state index contributed by atoms with van der Waals surface area (Å²) in [5.41, 5.74) is 4.47. The first-order valence-electron chi connectivity index (χ1n) is 12.5. The highest BCUT2D eigenvalue weighted by molar-refractivity contribution is 5.90. The van der Waals surface area contributed by atoms with Crippen LogP contribution in [0.5, 0.6) is 0 Å². The summed E-state index contributed by atoms with van der Waals surface area (Å²) in [6, 6.07) is 8.71. The van der Waals surface area contributed by atoms with Gasteiger partial charge in [-0.25, -0.2) is 9.40 Å². The number of unbranched alkanes of at least 4 members (excludes halogenated alkanes) is 2. The molecule has 8 nitrogen and oxygen atoms in total. The molecule has 9 heteroatoms. The number of hydrazine groups is 1. The smallest absolute Gasteiger partial charge is 0.256 e. The lowest BCUT2D eigenvalue weighted by Crippen LogP contribution is -2.48. The van der Waals surface area contributed by atoms with E-state index >= 15 is 0 Å². The van der Waals surface area contributed by atoms with Gasteiger partial charge in [0.1, 0.15) is 5.82 Å². The van der Waals surface area contributed by atoms with Crippen LogP contribution in [0.3, 0.4) is 0 Å². The Balaban J connectivity index is 0.00000380. The van der Waals surface area contributed by atoms with Crippen LogP contribution < -0.4 is 10.2 Å². The molecule has 0 bridgehead atoms. The van der Waals surface area contributed by atoms with Crippen LogP contribution in [0.1, 0.15) is 50.3 Å². The molecule has 0 fully saturated rings. The van der Waals surface area contributed by atoms with Crippen LogP contribution in [0, 0.1) is 12.7 Å². The van der Waals surface area contributed by atoms with Gasteiger partial charge < -0.3 is 10.2 Å². The van der Waals surface area contributed by atoms with Gasteiger partial charge in [0.15, 0.2) is 0 Å². The van der Waals surface area contributed by atoms with E-state index in [0.717, 1.165) is 52.5 Å². The number of carbonyl (C=O) groups is 2. The number of halogens is 1. The molecule has 0 atom stereocenters. The predicted molar refractivity (Wildman–Crippen MR) is 145 cm³/mol. The number of anilines is 1. The normalized spacial score (nSPS) is 12.8. The van der Waals surface area contributed by atoms with Crippen molar-refractivity contribution < 1.29 is 14.0 Å². The Morgan fingerprint density at radius 1 is 1.11 bits per heavy atom. The highest BCUT2D eigenvalue weighted by Crippen LogP contribution is 2.27. The number of aromatic nitrogens is 2. The number of likely N-dealkylation sites (N-methyl/N-ethyl adjacent to an activating group) is 1. The topological polar surface area (TPSA) is 73.7 Å². The van der Waals surface area contributed by atoms with Gasteiger partial charge in [-0.05, 0) is 54.3 Å². The standard InChI is InChI=1S/C27H35FN6O2.CH4/c1-5-6-7-10-29-26(35)17-33(25-13-24-22(11-19(25)2)14-31(3)30-24)18-27(36)32(4)34-15-20-8-9-23(28)12-21(20)16-34;/h8-9,11-14H,5-7,10,15-18H2,1-4H3,(H,29,35);1H4. The molecule has 1 aromatic heterocycles. The van der Waals surface area contributed by atoms with Crippen molar-refractivity contribution in [2.45, 2.75) is 53.6 Å². The van der Waals surface area contributed by atoms with E-state index < -0.39 is 0 Å². The number of nitrogens with zero attached hydrogens (tertiary/aromatic N) is 5. The maximum Gasteiger partial charge on any atom is 0.256 e. The third-order valence-corrected chi connectivity index (χ3v) is 6.70.